The second-order valence-electron chi connectivity index (χ2n) is 5.79. The van der Waals surface area contributed by atoms with Crippen LogP contribution in [0.4, 0.5) is 13.2 Å². The van der Waals surface area contributed by atoms with Gasteiger partial charge in [0.15, 0.2) is 5.96 Å². The Labute approximate surface area is 146 Å². The fourth-order valence-corrected chi connectivity index (χ4v) is 1.87. The van der Waals surface area contributed by atoms with Crippen LogP contribution in [0.1, 0.15) is 25.0 Å². The van der Waals surface area contributed by atoms with Crippen molar-refractivity contribution in [2.75, 3.05) is 26.3 Å². The quantitative estimate of drug-likeness (QED) is 0.467. The second kappa shape index (κ2) is 10.9. The van der Waals surface area contributed by atoms with Crippen LogP contribution in [0.2, 0.25) is 0 Å². The van der Waals surface area contributed by atoms with Crippen molar-refractivity contribution < 1.29 is 23.0 Å². The van der Waals surface area contributed by atoms with Crippen LogP contribution < -0.4 is 10.6 Å². The number of aliphatic hydroxyl groups excluding tert-OH is 1. The van der Waals surface area contributed by atoms with Gasteiger partial charge in [0.1, 0.15) is 6.61 Å². The van der Waals surface area contributed by atoms with E-state index in [0.29, 0.717) is 24.6 Å². The Morgan fingerprint density at radius 3 is 2.40 bits per heavy atom. The molecule has 5 nitrogen and oxygen atoms in total. The van der Waals surface area contributed by atoms with Crippen molar-refractivity contribution in [3.05, 3.63) is 35.4 Å². The molecule has 0 bridgehead atoms. The summed E-state index contributed by atoms with van der Waals surface area (Å²) in [7, 11) is 0. The molecule has 0 radical (unpaired) electrons. The van der Waals surface area contributed by atoms with E-state index in [0.717, 1.165) is 12.1 Å². The first-order valence-corrected chi connectivity index (χ1v) is 8.19. The van der Waals surface area contributed by atoms with Crippen LogP contribution >= 0.6 is 0 Å². The third-order valence-electron chi connectivity index (χ3n) is 3.25. The molecule has 0 saturated heterocycles. The maximum Gasteiger partial charge on any atom is 0.411 e. The van der Waals surface area contributed by atoms with Crippen LogP contribution in [0.5, 0.6) is 0 Å². The van der Waals surface area contributed by atoms with E-state index in [4.69, 9.17) is 5.11 Å². The van der Waals surface area contributed by atoms with E-state index in [1.165, 1.54) is 0 Å². The summed E-state index contributed by atoms with van der Waals surface area (Å²) in [5, 5.41) is 15.3. The Kier molecular flexibility index (Phi) is 9.30. The van der Waals surface area contributed by atoms with Crippen LogP contribution in [-0.4, -0.2) is 43.5 Å². The number of hydrogen-bond acceptors (Lipinski definition) is 3. The molecule has 0 aliphatic heterocycles. The van der Waals surface area contributed by atoms with Gasteiger partial charge in [-0.15, -0.1) is 0 Å². The summed E-state index contributed by atoms with van der Waals surface area (Å²) in [5.41, 5.74) is 1.62. The van der Waals surface area contributed by atoms with Crippen molar-refractivity contribution in [3.63, 3.8) is 0 Å². The number of hydrogen-bond donors (Lipinski definition) is 3. The van der Waals surface area contributed by atoms with E-state index >= 15 is 0 Å². The molecule has 1 unspecified atom stereocenters. The van der Waals surface area contributed by atoms with Crippen molar-refractivity contribution >= 4 is 5.96 Å². The molecule has 0 amide bonds. The molecule has 1 aromatic rings. The lowest BCUT2D eigenvalue weighted by Crippen LogP contribution is -2.39. The number of alkyl halides is 3. The zero-order chi connectivity index (χ0) is 18.7. The number of nitrogens with one attached hydrogen (secondary N) is 2. The Bertz CT molecular complexity index is 519. The maximum absolute atomic E-state index is 12.0. The van der Waals surface area contributed by atoms with E-state index < -0.39 is 12.8 Å². The van der Waals surface area contributed by atoms with Crippen molar-refractivity contribution in [1.29, 1.82) is 0 Å². The SMILES string of the molecule is CCNC(=NCc1ccc(COCC(F)(F)F)cc1)NCC(C)CO. The number of benzene rings is 1. The summed E-state index contributed by atoms with van der Waals surface area (Å²) in [6.45, 7) is 4.43. The van der Waals surface area contributed by atoms with Crippen LogP contribution in [0.25, 0.3) is 0 Å². The van der Waals surface area contributed by atoms with E-state index in [-0.39, 0.29) is 19.1 Å². The van der Waals surface area contributed by atoms with Gasteiger partial charge in [-0.25, -0.2) is 4.99 Å². The summed E-state index contributed by atoms with van der Waals surface area (Å²) >= 11 is 0. The molecule has 8 heteroatoms. The van der Waals surface area contributed by atoms with Gasteiger partial charge >= 0.3 is 6.18 Å². The fourth-order valence-electron chi connectivity index (χ4n) is 1.87. The van der Waals surface area contributed by atoms with Gasteiger partial charge in [-0.2, -0.15) is 13.2 Å². The van der Waals surface area contributed by atoms with E-state index in [9.17, 15) is 13.2 Å². The molecule has 3 N–H and O–H groups in total. The molecular formula is C17H26F3N3O2. The second-order valence-corrected chi connectivity index (χ2v) is 5.79. The van der Waals surface area contributed by atoms with Gasteiger partial charge in [0, 0.05) is 19.7 Å². The average Bonchev–Trinajstić information content (AvgIpc) is 2.57. The van der Waals surface area contributed by atoms with Gasteiger partial charge in [-0.3, -0.25) is 0 Å². The Hall–Kier alpha value is -1.80. The zero-order valence-electron chi connectivity index (χ0n) is 14.6. The third kappa shape index (κ3) is 9.93. The Morgan fingerprint density at radius 1 is 1.20 bits per heavy atom. The van der Waals surface area contributed by atoms with Crippen LogP contribution in [0, 0.1) is 5.92 Å². The predicted molar refractivity (Wildman–Crippen MR) is 91.2 cm³/mol. The van der Waals surface area contributed by atoms with Gasteiger partial charge in [0.2, 0.25) is 0 Å². The molecule has 1 atom stereocenters. The number of aliphatic hydroxyl groups is 1. The number of rotatable bonds is 9. The zero-order valence-corrected chi connectivity index (χ0v) is 14.6. The average molecular weight is 361 g/mol. The lowest BCUT2D eigenvalue weighted by molar-refractivity contribution is -0.176. The standard InChI is InChI=1S/C17H26F3N3O2/c1-3-21-16(22-8-13(2)10-24)23-9-14-4-6-15(7-5-14)11-25-12-17(18,19)20/h4-7,13,24H,3,8-12H2,1-2H3,(H2,21,22,23). The summed E-state index contributed by atoms with van der Waals surface area (Å²) in [4.78, 5) is 4.45. The minimum Gasteiger partial charge on any atom is -0.396 e. The predicted octanol–water partition coefficient (Wildman–Crippen LogP) is 2.45. The number of halogens is 3. The van der Waals surface area contributed by atoms with Crippen molar-refractivity contribution in [3.8, 4) is 0 Å². The minimum atomic E-state index is -4.31. The summed E-state index contributed by atoms with van der Waals surface area (Å²) in [6, 6.07) is 7.09. The molecule has 1 rings (SSSR count). The highest BCUT2D eigenvalue weighted by Crippen LogP contribution is 2.16. The van der Waals surface area contributed by atoms with Gasteiger partial charge in [0.05, 0.1) is 13.2 Å². The van der Waals surface area contributed by atoms with Crippen molar-refractivity contribution in [1.82, 2.24) is 10.6 Å². The largest absolute Gasteiger partial charge is 0.411 e. The maximum atomic E-state index is 12.0. The van der Waals surface area contributed by atoms with E-state index in [1.807, 2.05) is 26.0 Å². The van der Waals surface area contributed by atoms with Gasteiger partial charge in [0.25, 0.3) is 0 Å². The molecule has 0 spiro atoms. The molecule has 0 aromatic heterocycles. The summed E-state index contributed by atoms with van der Waals surface area (Å²) in [5.74, 6) is 0.778. The monoisotopic (exact) mass is 361 g/mol. The smallest absolute Gasteiger partial charge is 0.396 e. The Morgan fingerprint density at radius 2 is 1.84 bits per heavy atom. The van der Waals surface area contributed by atoms with Gasteiger partial charge in [-0.1, -0.05) is 31.2 Å². The molecule has 25 heavy (non-hydrogen) atoms. The lowest BCUT2D eigenvalue weighted by atomic mass is 10.1. The first kappa shape index (κ1) is 21.2. The highest BCUT2D eigenvalue weighted by atomic mass is 19.4. The first-order chi connectivity index (χ1) is 11.8. The molecule has 142 valence electrons. The first-order valence-electron chi connectivity index (χ1n) is 8.19. The topological polar surface area (TPSA) is 65.9 Å². The third-order valence-corrected chi connectivity index (χ3v) is 3.25. The van der Waals surface area contributed by atoms with Crippen molar-refractivity contribution in [2.24, 2.45) is 10.9 Å². The highest BCUT2D eigenvalue weighted by molar-refractivity contribution is 5.79. The van der Waals surface area contributed by atoms with Crippen LogP contribution in [-0.2, 0) is 17.9 Å². The number of aliphatic imine (C=N–C) groups is 1. The molecule has 0 aliphatic carbocycles. The molecular weight excluding hydrogens is 335 g/mol. The van der Waals surface area contributed by atoms with E-state index in [1.54, 1.807) is 12.1 Å². The minimum absolute atomic E-state index is 0.0771. The molecule has 0 aliphatic rings. The number of nitrogens with zero attached hydrogens (tertiary/aromatic N) is 1. The summed E-state index contributed by atoms with van der Waals surface area (Å²) < 4.78 is 40.7. The van der Waals surface area contributed by atoms with Crippen LogP contribution in [0.3, 0.4) is 0 Å². The van der Waals surface area contributed by atoms with Gasteiger partial charge < -0.3 is 20.5 Å². The normalized spacial score (nSPS) is 13.6. The van der Waals surface area contributed by atoms with Gasteiger partial charge in [-0.05, 0) is 24.0 Å². The molecule has 0 saturated carbocycles. The summed E-state index contributed by atoms with van der Waals surface area (Å²) in [6.07, 6.45) is -4.31. The number of guanidine groups is 1. The fraction of sp³-hybridized carbons (Fsp3) is 0.588. The number of ether oxygens (including phenoxy) is 1. The van der Waals surface area contributed by atoms with Crippen LogP contribution in [0.15, 0.2) is 29.3 Å². The molecule has 0 fully saturated rings. The molecule has 1 aromatic carbocycles. The van der Waals surface area contributed by atoms with Crippen molar-refractivity contribution in [2.45, 2.75) is 33.2 Å². The Balaban J connectivity index is 2.51. The van der Waals surface area contributed by atoms with E-state index in [2.05, 4.69) is 20.4 Å². The highest BCUT2D eigenvalue weighted by Gasteiger charge is 2.27. The molecule has 0 heterocycles. The lowest BCUT2D eigenvalue weighted by Gasteiger charge is -2.14.